The number of fused-ring (bicyclic) bond motifs is 2. The van der Waals surface area contributed by atoms with E-state index in [9.17, 15) is 8.78 Å². The Hall–Kier alpha value is -3.55. The smallest absolute Gasteiger partial charge is 0.204 e. The van der Waals surface area contributed by atoms with Crippen molar-refractivity contribution in [3.05, 3.63) is 71.4 Å². The van der Waals surface area contributed by atoms with Gasteiger partial charge in [0.2, 0.25) is 11.8 Å². The lowest BCUT2D eigenvalue weighted by Gasteiger charge is -2.14. The molecule has 0 amide bonds. The van der Waals surface area contributed by atoms with Gasteiger partial charge in [0.1, 0.15) is 17.8 Å². The van der Waals surface area contributed by atoms with Crippen molar-refractivity contribution < 1.29 is 17.9 Å². The van der Waals surface area contributed by atoms with Gasteiger partial charge in [0, 0.05) is 6.04 Å². The van der Waals surface area contributed by atoms with Crippen LogP contribution >= 0.6 is 0 Å². The molecule has 5 rings (SSSR count). The third-order valence-electron chi connectivity index (χ3n) is 5.65. The van der Waals surface area contributed by atoms with Crippen LogP contribution in [-0.2, 0) is 12.8 Å². The first-order chi connectivity index (χ1) is 14.5. The Kier molecular flexibility index (Phi) is 4.16. The SMILES string of the molecule is COc1cc(-c2c(F)n(C3Cc4ccccc4C3)c3ncnc(N)c23)cc(F)c1F. The molecule has 0 radical (unpaired) electrons. The van der Waals surface area contributed by atoms with Crippen LogP contribution in [0.2, 0.25) is 0 Å². The Morgan fingerprint density at radius 2 is 1.77 bits per heavy atom. The summed E-state index contributed by atoms with van der Waals surface area (Å²) in [6, 6.07) is 9.88. The summed E-state index contributed by atoms with van der Waals surface area (Å²) in [6.07, 6.45) is 2.52. The van der Waals surface area contributed by atoms with Gasteiger partial charge in [-0.3, -0.25) is 4.57 Å². The molecule has 1 aliphatic rings. The van der Waals surface area contributed by atoms with Crippen molar-refractivity contribution in [2.24, 2.45) is 0 Å². The molecule has 2 aromatic heterocycles. The first-order valence-corrected chi connectivity index (χ1v) is 9.39. The summed E-state index contributed by atoms with van der Waals surface area (Å²) in [5, 5.41) is 0.263. The number of halogens is 3. The average molecular weight is 410 g/mol. The van der Waals surface area contributed by atoms with E-state index in [1.807, 2.05) is 24.3 Å². The summed E-state index contributed by atoms with van der Waals surface area (Å²) in [5.41, 5.74) is 8.79. The zero-order valence-electron chi connectivity index (χ0n) is 16.0. The van der Waals surface area contributed by atoms with Gasteiger partial charge in [-0.1, -0.05) is 24.3 Å². The Labute approximate surface area is 169 Å². The number of nitrogens with two attached hydrogens (primary N) is 1. The van der Waals surface area contributed by atoms with Crippen LogP contribution in [0.4, 0.5) is 19.0 Å². The van der Waals surface area contributed by atoms with Crippen LogP contribution in [0.5, 0.6) is 5.75 Å². The summed E-state index contributed by atoms with van der Waals surface area (Å²) in [5.74, 6) is -3.17. The molecular weight excluding hydrogens is 393 g/mol. The second kappa shape index (κ2) is 6.76. The van der Waals surface area contributed by atoms with Crippen LogP contribution < -0.4 is 10.5 Å². The fourth-order valence-corrected chi connectivity index (χ4v) is 4.30. The lowest BCUT2D eigenvalue weighted by atomic mass is 10.0. The third kappa shape index (κ3) is 2.63. The van der Waals surface area contributed by atoms with Gasteiger partial charge >= 0.3 is 0 Å². The van der Waals surface area contributed by atoms with Crippen molar-refractivity contribution in [1.29, 1.82) is 0 Å². The number of aromatic nitrogens is 3. The van der Waals surface area contributed by atoms with Crippen molar-refractivity contribution in [1.82, 2.24) is 14.5 Å². The van der Waals surface area contributed by atoms with E-state index in [1.54, 1.807) is 0 Å². The van der Waals surface area contributed by atoms with E-state index in [4.69, 9.17) is 10.5 Å². The predicted octanol–water partition coefficient (Wildman–Crippen LogP) is 4.45. The largest absolute Gasteiger partial charge is 0.494 e. The van der Waals surface area contributed by atoms with Crippen molar-refractivity contribution in [3.63, 3.8) is 0 Å². The van der Waals surface area contributed by atoms with Gasteiger partial charge in [0.25, 0.3) is 0 Å². The molecule has 0 atom stereocenters. The quantitative estimate of drug-likeness (QED) is 0.542. The molecule has 0 saturated carbocycles. The van der Waals surface area contributed by atoms with Crippen LogP contribution in [0, 0.1) is 17.6 Å². The van der Waals surface area contributed by atoms with Crippen LogP contribution in [0.15, 0.2) is 42.7 Å². The number of ether oxygens (including phenoxy) is 1. The highest BCUT2D eigenvalue weighted by Crippen LogP contribution is 2.42. The highest BCUT2D eigenvalue weighted by molar-refractivity contribution is 6.01. The van der Waals surface area contributed by atoms with Gasteiger partial charge in [-0.25, -0.2) is 14.4 Å². The number of hydrogen-bond donors (Lipinski definition) is 1. The first-order valence-electron chi connectivity index (χ1n) is 9.39. The van der Waals surface area contributed by atoms with Gasteiger partial charge in [-0.05, 0) is 41.7 Å². The highest BCUT2D eigenvalue weighted by atomic mass is 19.2. The van der Waals surface area contributed by atoms with E-state index in [0.717, 1.165) is 17.2 Å². The molecule has 0 unspecified atom stereocenters. The summed E-state index contributed by atoms with van der Waals surface area (Å²) >= 11 is 0. The number of methoxy groups -OCH3 is 1. The minimum absolute atomic E-state index is 0.0243. The maximum Gasteiger partial charge on any atom is 0.204 e. The molecular formula is C22H17F3N4O. The third-order valence-corrected chi connectivity index (χ3v) is 5.65. The van der Waals surface area contributed by atoms with Gasteiger partial charge in [-0.15, -0.1) is 0 Å². The lowest BCUT2D eigenvalue weighted by molar-refractivity contribution is 0.372. The number of hydrogen-bond acceptors (Lipinski definition) is 4. The first kappa shape index (κ1) is 18.5. The Morgan fingerprint density at radius 3 is 2.43 bits per heavy atom. The van der Waals surface area contributed by atoms with E-state index in [2.05, 4.69) is 9.97 Å². The van der Waals surface area contributed by atoms with Crippen LogP contribution in [0.3, 0.4) is 0 Å². The molecule has 0 aliphatic heterocycles. The van der Waals surface area contributed by atoms with Gasteiger partial charge in [0.05, 0.1) is 18.1 Å². The number of anilines is 1. The lowest BCUT2D eigenvalue weighted by Crippen LogP contribution is -2.12. The molecule has 0 bridgehead atoms. The van der Waals surface area contributed by atoms with E-state index < -0.39 is 17.6 Å². The highest BCUT2D eigenvalue weighted by Gasteiger charge is 2.31. The summed E-state index contributed by atoms with van der Waals surface area (Å²) in [6.45, 7) is 0. The molecule has 0 fully saturated rings. The second-order valence-electron chi connectivity index (χ2n) is 7.30. The van der Waals surface area contributed by atoms with Crippen molar-refractivity contribution in [2.75, 3.05) is 12.8 Å². The van der Waals surface area contributed by atoms with Crippen molar-refractivity contribution in [2.45, 2.75) is 18.9 Å². The predicted molar refractivity (Wildman–Crippen MR) is 107 cm³/mol. The average Bonchev–Trinajstić information content (AvgIpc) is 3.28. The number of nitrogens with zero attached hydrogens (tertiary/aromatic N) is 3. The van der Waals surface area contributed by atoms with Gasteiger partial charge < -0.3 is 10.5 Å². The van der Waals surface area contributed by atoms with Crippen LogP contribution in [-0.4, -0.2) is 21.6 Å². The molecule has 1 aliphatic carbocycles. The van der Waals surface area contributed by atoms with E-state index in [-0.39, 0.29) is 34.1 Å². The molecule has 0 saturated heterocycles. The number of nitrogen functional groups attached to an aromatic ring is 1. The van der Waals surface area contributed by atoms with Crippen LogP contribution in [0.1, 0.15) is 17.2 Å². The molecule has 8 heteroatoms. The molecule has 30 heavy (non-hydrogen) atoms. The zero-order chi connectivity index (χ0) is 21.0. The molecule has 152 valence electrons. The Bertz CT molecular complexity index is 1280. The van der Waals surface area contributed by atoms with Crippen molar-refractivity contribution in [3.8, 4) is 16.9 Å². The Balaban J connectivity index is 1.76. The van der Waals surface area contributed by atoms with E-state index in [1.165, 1.54) is 24.1 Å². The summed E-state index contributed by atoms with van der Waals surface area (Å²) in [4.78, 5) is 8.26. The van der Waals surface area contributed by atoms with Crippen molar-refractivity contribution >= 4 is 16.9 Å². The zero-order valence-corrected chi connectivity index (χ0v) is 16.0. The fourth-order valence-electron chi connectivity index (χ4n) is 4.30. The molecule has 2 aromatic carbocycles. The standard InChI is InChI=1S/C22H17F3N4O/c1-30-16-9-13(8-15(23)19(16)24)17-18-21(26)27-10-28-22(18)29(20(17)25)14-6-11-4-2-3-5-12(11)7-14/h2-5,8-10,14H,6-7H2,1H3,(H2,26,27,28). The molecule has 4 aromatic rings. The van der Waals surface area contributed by atoms with E-state index >= 15 is 4.39 Å². The fraction of sp³-hybridized carbons (Fsp3) is 0.182. The summed E-state index contributed by atoms with van der Waals surface area (Å²) in [7, 11) is 1.22. The maximum absolute atomic E-state index is 15.9. The number of rotatable bonds is 3. The van der Waals surface area contributed by atoms with Gasteiger partial charge in [0.15, 0.2) is 11.6 Å². The molecule has 2 N–H and O–H groups in total. The number of benzene rings is 2. The molecule has 0 spiro atoms. The molecule has 2 heterocycles. The van der Waals surface area contributed by atoms with Crippen LogP contribution in [0.25, 0.3) is 22.2 Å². The molecule has 5 nitrogen and oxygen atoms in total. The Morgan fingerprint density at radius 1 is 1.07 bits per heavy atom. The topological polar surface area (TPSA) is 66.0 Å². The normalized spacial score (nSPS) is 13.7. The minimum Gasteiger partial charge on any atom is -0.494 e. The maximum atomic E-state index is 15.9. The minimum atomic E-state index is -1.15. The second-order valence-corrected chi connectivity index (χ2v) is 7.30. The van der Waals surface area contributed by atoms with Gasteiger partial charge in [-0.2, -0.15) is 8.78 Å². The monoisotopic (exact) mass is 410 g/mol. The summed E-state index contributed by atoms with van der Waals surface area (Å²) < 4.78 is 50.4. The van der Waals surface area contributed by atoms with E-state index in [0.29, 0.717) is 18.5 Å².